The number of rotatable bonds is 8. The fourth-order valence-electron chi connectivity index (χ4n) is 3.40. The lowest BCUT2D eigenvalue weighted by atomic mass is 10.1. The number of carbonyl (C=O) groups is 1. The van der Waals surface area contributed by atoms with Gasteiger partial charge in [-0.05, 0) is 51.2 Å². The Hall–Kier alpha value is -2.64. The molecule has 1 heterocycles. The lowest BCUT2D eigenvalue weighted by Crippen LogP contribution is -2.46. The second kappa shape index (κ2) is 9.45. The number of ether oxygens (including phenoxy) is 1. The summed E-state index contributed by atoms with van der Waals surface area (Å²) in [5, 5.41) is 3.03. The Bertz CT molecular complexity index is 1010. The van der Waals surface area contributed by atoms with Crippen LogP contribution >= 0.6 is 11.6 Å². The van der Waals surface area contributed by atoms with Crippen LogP contribution in [-0.2, 0) is 0 Å². The number of halogens is 2. The fraction of sp³-hybridized carbons (Fsp3) is 0.364. The van der Waals surface area contributed by atoms with Gasteiger partial charge in [-0.15, -0.1) is 0 Å². The minimum Gasteiger partial charge on any atom is -0.493 e. The van der Waals surface area contributed by atoms with Crippen LogP contribution in [0.2, 0.25) is 5.02 Å². The summed E-state index contributed by atoms with van der Waals surface area (Å²) >= 11 is 5.86. The van der Waals surface area contributed by atoms with Gasteiger partial charge in [0.15, 0.2) is 0 Å². The Morgan fingerprint density at radius 3 is 2.67 bits per heavy atom. The lowest BCUT2D eigenvalue weighted by molar-refractivity contribution is 0.0874. The largest absolute Gasteiger partial charge is 0.493 e. The standard InChI is InChI=1S/C22H26ClFN4O2/c1-5-28(6-2)13(4)25-22(29)14-8-9-15(20(10-14)30-7-3)21-26-18-11-16(23)17(24)12-19(18)27-21/h8-13H,5-7H2,1-4H3,(H,25,29)(H,26,27). The van der Waals surface area contributed by atoms with E-state index in [2.05, 4.69) is 34.0 Å². The van der Waals surface area contributed by atoms with Crippen molar-refractivity contribution >= 4 is 28.5 Å². The highest BCUT2D eigenvalue weighted by Gasteiger charge is 2.18. The van der Waals surface area contributed by atoms with Crippen molar-refractivity contribution in [2.45, 2.75) is 33.9 Å². The van der Waals surface area contributed by atoms with Crippen molar-refractivity contribution in [1.29, 1.82) is 0 Å². The number of H-pyrrole nitrogens is 1. The quantitative estimate of drug-likeness (QED) is 0.500. The molecule has 1 amide bonds. The number of amides is 1. The van der Waals surface area contributed by atoms with Crippen LogP contribution in [0, 0.1) is 5.82 Å². The van der Waals surface area contributed by atoms with E-state index in [-0.39, 0.29) is 17.1 Å². The monoisotopic (exact) mass is 432 g/mol. The average Bonchev–Trinajstić information content (AvgIpc) is 3.11. The van der Waals surface area contributed by atoms with E-state index < -0.39 is 5.82 Å². The summed E-state index contributed by atoms with van der Waals surface area (Å²) in [6, 6.07) is 7.98. The van der Waals surface area contributed by atoms with Crippen LogP contribution in [-0.4, -0.2) is 46.6 Å². The molecule has 8 heteroatoms. The van der Waals surface area contributed by atoms with E-state index >= 15 is 0 Å². The van der Waals surface area contributed by atoms with Gasteiger partial charge in [0.25, 0.3) is 5.91 Å². The number of imidazole rings is 1. The molecular formula is C22H26ClFN4O2. The van der Waals surface area contributed by atoms with Crippen molar-refractivity contribution in [2.24, 2.45) is 0 Å². The number of hydrogen-bond acceptors (Lipinski definition) is 4. The maximum absolute atomic E-state index is 13.8. The van der Waals surface area contributed by atoms with Gasteiger partial charge in [0, 0.05) is 11.6 Å². The minimum absolute atomic E-state index is 0.0138. The lowest BCUT2D eigenvalue weighted by Gasteiger charge is -2.27. The van der Waals surface area contributed by atoms with E-state index in [9.17, 15) is 9.18 Å². The Morgan fingerprint density at radius 1 is 1.27 bits per heavy atom. The third kappa shape index (κ3) is 4.57. The molecule has 0 bridgehead atoms. The molecule has 0 fully saturated rings. The van der Waals surface area contributed by atoms with Crippen LogP contribution in [0.5, 0.6) is 5.75 Å². The number of nitrogens with one attached hydrogen (secondary N) is 2. The van der Waals surface area contributed by atoms with Crippen molar-refractivity contribution in [2.75, 3.05) is 19.7 Å². The van der Waals surface area contributed by atoms with Crippen molar-refractivity contribution in [3.63, 3.8) is 0 Å². The van der Waals surface area contributed by atoms with Gasteiger partial charge in [-0.1, -0.05) is 25.4 Å². The molecular weight excluding hydrogens is 407 g/mol. The average molecular weight is 433 g/mol. The molecule has 0 saturated carbocycles. The third-order valence-electron chi connectivity index (χ3n) is 5.02. The molecule has 1 aromatic heterocycles. The third-order valence-corrected chi connectivity index (χ3v) is 5.31. The SMILES string of the molecule is CCOc1cc(C(=O)NC(C)N(CC)CC)ccc1-c1nc2cc(Cl)c(F)cc2[nH]1. The second-order valence-electron chi connectivity index (χ2n) is 6.88. The summed E-state index contributed by atoms with van der Waals surface area (Å²) < 4.78 is 19.5. The highest BCUT2D eigenvalue weighted by atomic mass is 35.5. The molecule has 30 heavy (non-hydrogen) atoms. The summed E-state index contributed by atoms with van der Waals surface area (Å²) in [6.45, 7) is 10.1. The number of hydrogen-bond donors (Lipinski definition) is 2. The number of nitrogens with zero attached hydrogens (tertiary/aromatic N) is 2. The fourth-order valence-corrected chi connectivity index (χ4v) is 3.56. The number of aromatic nitrogens is 2. The van der Waals surface area contributed by atoms with E-state index in [1.165, 1.54) is 12.1 Å². The highest BCUT2D eigenvalue weighted by molar-refractivity contribution is 6.31. The molecule has 0 aliphatic rings. The zero-order chi connectivity index (χ0) is 21.8. The number of carbonyl (C=O) groups excluding carboxylic acids is 1. The first-order valence-electron chi connectivity index (χ1n) is 10.0. The van der Waals surface area contributed by atoms with Crippen molar-refractivity contribution in [1.82, 2.24) is 20.2 Å². The van der Waals surface area contributed by atoms with E-state index in [0.717, 1.165) is 13.1 Å². The summed E-state index contributed by atoms with van der Waals surface area (Å²) in [5.74, 6) is 0.337. The summed E-state index contributed by atoms with van der Waals surface area (Å²) in [4.78, 5) is 22.5. The van der Waals surface area contributed by atoms with E-state index in [0.29, 0.717) is 40.3 Å². The number of aromatic amines is 1. The Morgan fingerprint density at radius 2 is 2.00 bits per heavy atom. The number of benzene rings is 2. The molecule has 160 valence electrons. The van der Waals surface area contributed by atoms with Crippen LogP contribution in [0.1, 0.15) is 38.1 Å². The minimum atomic E-state index is -0.515. The maximum atomic E-state index is 13.8. The second-order valence-corrected chi connectivity index (χ2v) is 7.29. The van der Waals surface area contributed by atoms with Gasteiger partial charge in [-0.3, -0.25) is 9.69 Å². The van der Waals surface area contributed by atoms with Crippen LogP contribution < -0.4 is 10.1 Å². The molecule has 0 saturated heterocycles. The smallest absolute Gasteiger partial charge is 0.252 e. The molecule has 2 aromatic carbocycles. The predicted octanol–water partition coefficient (Wildman–Crippen LogP) is 4.84. The predicted molar refractivity (Wildman–Crippen MR) is 118 cm³/mol. The van der Waals surface area contributed by atoms with Gasteiger partial charge >= 0.3 is 0 Å². The summed E-state index contributed by atoms with van der Waals surface area (Å²) in [7, 11) is 0. The molecule has 1 unspecified atom stereocenters. The molecule has 0 aliphatic heterocycles. The molecule has 1 atom stereocenters. The van der Waals surface area contributed by atoms with Crippen LogP contribution in [0.15, 0.2) is 30.3 Å². The summed E-state index contributed by atoms with van der Waals surface area (Å²) in [6.07, 6.45) is -0.0854. The molecule has 0 spiro atoms. The molecule has 2 N–H and O–H groups in total. The van der Waals surface area contributed by atoms with Crippen molar-refractivity contribution in [3.8, 4) is 17.1 Å². The van der Waals surface area contributed by atoms with Gasteiger partial charge in [0.05, 0.1) is 34.4 Å². The van der Waals surface area contributed by atoms with Crippen LogP contribution in [0.3, 0.4) is 0 Å². The van der Waals surface area contributed by atoms with Gasteiger partial charge in [0.2, 0.25) is 0 Å². The topological polar surface area (TPSA) is 70.2 Å². The van der Waals surface area contributed by atoms with Gasteiger partial charge in [-0.25, -0.2) is 9.37 Å². The first-order valence-corrected chi connectivity index (χ1v) is 10.4. The molecule has 0 aliphatic carbocycles. The maximum Gasteiger partial charge on any atom is 0.252 e. The van der Waals surface area contributed by atoms with Crippen LogP contribution in [0.25, 0.3) is 22.4 Å². The van der Waals surface area contributed by atoms with E-state index in [4.69, 9.17) is 16.3 Å². The molecule has 3 rings (SSSR count). The molecule has 0 radical (unpaired) electrons. The molecule has 6 nitrogen and oxygen atoms in total. The summed E-state index contributed by atoms with van der Waals surface area (Å²) in [5.41, 5.74) is 2.25. The first kappa shape index (κ1) is 22.1. The Kier molecular flexibility index (Phi) is 6.95. The molecule has 3 aromatic rings. The van der Waals surface area contributed by atoms with Gasteiger partial charge in [0.1, 0.15) is 17.4 Å². The zero-order valence-corrected chi connectivity index (χ0v) is 18.3. The van der Waals surface area contributed by atoms with E-state index in [1.54, 1.807) is 18.2 Å². The van der Waals surface area contributed by atoms with Gasteiger partial charge in [-0.2, -0.15) is 0 Å². The highest BCUT2D eigenvalue weighted by Crippen LogP contribution is 2.32. The Balaban J connectivity index is 1.93. The number of fused-ring (bicyclic) bond motifs is 1. The van der Waals surface area contributed by atoms with E-state index in [1.807, 2.05) is 13.8 Å². The first-order chi connectivity index (χ1) is 14.4. The van der Waals surface area contributed by atoms with Crippen molar-refractivity contribution in [3.05, 3.63) is 46.7 Å². The zero-order valence-electron chi connectivity index (χ0n) is 17.6. The van der Waals surface area contributed by atoms with Crippen LogP contribution in [0.4, 0.5) is 4.39 Å². The van der Waals surface area contributed by atoms with Gasteiger partial charge < -0.3 is 15.0 Å². The van der Waals surface area contributed by atoms with Crippen molar-refractivity contribution < 1.29 is 13.9 Å². The Labute approximate surface area is 180 Å². The normalized spacial score (nSPS) is 12.4.